The van der Waals surface area contributed by atoms with Crippen molar-refractivity contribution in [3.05, 3.63) is 29.3 Å². The molecular weight excluding hydrogens is 164 g/mol. The Kier molecular flexibility index (Phi) is 2.65. The highest BCUT2D eigenvalue weighted by molar-refractivity contribution is 6.02. The van der Waals surface area contributed by atoms with E-state index in [0.29, 0.717) is 5.69 Å². The molecule has 3 heteroatoms. The molecule has 66 valence electrons. The Morgan fingerprint density at radius 2 is 1.85 bits per heavy atom. The first-order valence-corrected chi connectivity index (χ1v) is 3.91. The van der Waals surface area contributed by atoms with Crippen LogP contribution in [0.1, 0.15) is 11.1 Å². The molecule has 3 nitrogen and oxygen atoms in total. The van der Waals surface area contributed by atoms with Gasteiger partial charge in [0, 0.05) is 5.69 Å². The number of anilines is 1. The Morgan fingerprint density at radius 1 is 1.31 bits per heavy atom. The van der Waals surface area contributed by atoms with Gasteiger partial charge in [-0.25, -0.2) is 0 Å². The van der Waals surface area contributed by atoms with Gasteiger partial charge in [-0.3, -0.25) is 4.79 Å². The smallest absolute Gasteiger partial charge is 0.313 e. The monoisotopic (exact) mass is 174 g/mol. The van der Waals surface area contributed by atoms with E-state index in [1.807, 2.05) is 32.0 Å². The molecule has 0 aliphatic heterocycles. The summed E-state index contributed by atoms with van der Waals surface area (Å²) < 4.78 is 0. The van der Waals surface area contributed by atoms with Crippen LogP contribution in [-0.4, -0.2) is 5.91 Å². The SMILES string of the molecule is Cc1cc(C)cc(NC(=O)C#N)c1. The van der Waals surface area contributed by atoms with Crippen LogP contribution in [0.25, 0.3) is 0 Å². The van der Waals surface area contributed by atoms with E-state index in [0.717, 1.165) is 11.1 Å². The lowest BCUT2D eigenvalue weighted by Crippen LogP contribution is -2.08. The molecule has 0 aliphatic carbocycles. The summed E-state index contributed by atoms with van der Waals surface area (Å²) >= 11 is 0. The second-order valence-electron chi connectivity index (χ2n) is 2.94. The van der Waals surface area contributed by atoms with Crippen molar-refractivity contribution in [1.82, 2.24) is 0 Å². The van der Waals surface area contributed by atoms with Crippen molar-refractivity contribution in [3.63, 3.8) is 0 Å². The van der Waals surface area contributed by atoms with Gasteiger partial charge in [-0.15, -0.1) is 0 Å². The van der Waals surface area contributed by atoms with Crippen molar-refractivity contribution < 1.29 is 4.79 Å². The molecule has 0 spiro atoms. The van der Waals surface area contributed by atoms with Crippen LogP contribution in [0.4, 0.5) is 5.69 Å². The summed E-state index contributed by atoms with van der Waals surface area (Å²) in [6, 6.07) is 7.15. The Morgan fingerprint density at radius 3 is 2.31 bits per heavy atom. The third-order valence-electron chi connectivity index (χ3n) is 1.58. The highest BCUT2D eigenvalue weighted by Gasteiger charge is 2.00. The minimum absolute atomic E-state index is 0.634. The van der Waals surface area contributed by atoms with E-state index in [4.69, 9.17) is 5.26 Å². The number of nitrogens with zero attached hydrogens (tertiary/aromatic N) is 1. The molecule has 0 saturated heterocycles. The van der Waals surface area contributed by atoms with Crippen LogP contribution in [0.2, 0.25) is 0 Å². The first kappa shape index (κ1) is 9.27. The van der Waals surface area contributed by atoms with Gasteiger partial charge < -0.3 is 5.32 Å². The van der Waals surface area contributed by atoms with Gasteiger partial charge in [-0.1, -0.05) is 6.07 Å². The maximum Gasteiger partial charge on any atom is 0.326 e. The molecule has 1 aromatic rings. The lowest BCUT2D eigenvalue weighted by Gasteiger charge is -2.03. The summed E-state index contributed by atoms with van der Waals surface area (Å²) in [5, 5.41) is 10.7. The molecule has 0 saturated carbocycles. The van der Waals surface area contributed by atoms with Crippen molar-refractivity contribution >= 4 is 11.6 Å². The van der Waals surface area contributed by atoms with E-state index in [-0.39, 0.29) is 0 Å². The van der Waals surface area contributed by atoms with E-state index < -0.39 is 5.91 Å². The third-order valence-corrected chi connectivity index (χ3v) is 1.58. The van der Waals surface area contributed by atoms with Crippen molar-refractivity contribution in [3.8, 4) is 6.07 Å². The molecule has 0 unspecified atom stereocenters. The number of hydrogen-bond donors (Lipinski definition) is 1. The lowest BCUT2D eigenvalue weighted by atomic mass is 10.1. The molecule has 0 aromatic heterocycles. The standard InChI is InChI=1S/C10H10N2O/c1-7-3-8(2)5-9(4-7)12-10(13)6-11/h3-5H,1-2H3,(H,12,13). The maximum absolute atomic E-state index is 10.7. The summed E-state index contributed by atoms with van der Waals surface area (Å²) in [5.74, 6) is -0.634. The summed E-state index contributed by atoms with van der Waals surface area (Å²) in [6.45, 7) is 3.88. The van der Waals surface area contributed by atoms with Gasteiger partial charge in [0.25, 0.3) is 0 Å². The number of rotatable bonds is 1. The molecular formula is C10H10N2O. The molecule has 1 aromatic carbocycles. The fourth-order valence-electron chi connectivity index (χ4n) is 1.21. The Hall–Kier alpha value is -1.82. The predicted octanol–water partition coefficient (Wildman–Crippen LogP) is 1.77. The van der Waals surface area contributed by atoms with Gasteiger partial charge in [0.2, 0.25) is 0 Å². The van der Waals surface area contributed by atoms with E-state index >= 15 is 0 Å². The van der Waals surface area contributed by atoms with Crippen LogP contribution < -0.4 is 5.32 Å². The highest BCUT2D eigenvalue weighted by Crippen LogP contribution is 2.13. The van der Waals surface area contributed by atoms with Gasteiger partial charge in [-0.05, 0) is 37.1 Å². The van der Waals surface area contributed by atoms with E-state index in [1.165, 1.54) is 6.07 Å². The largest absolute Gasteiger partial charge is 0.326 e. The normalized spacial score (nSPS) is 9.00. The molecule has 0 fully saturated rings. The highest BCUT2D eigenvalue weighted by atomic mass is 16.1. The molecule has 0 bridgehead atoms. The number of nitriles is 1. The number of hydrogen-bond acceptors (Lipinski definition) is 2. The van der Waals surface area contributed by atoms with Crippen molar-refractivity contribution in [2.75, 3.05) is 5.32 Å². The number of amides is 1. The Labute approximate surface area is 77.0 Å². The Bertz CT molecular complexity index is 357. The van der Waals surface area contributed by atoms with Crippen molar-refractivity contribution in [1.29, 1.82) is 5.26 Å². The minimum atomic E-state index is -0.634. The van der Waals surface area contributed by atoms with Crippen LogP contribution in [0, 0.1) is 25.2 Å². The zero-order valence-corrected chi connectivity index (χ0v) is 7.59. The van der Waals surface area contributed by atoms with Gasteiger partial charge in [0.05, 0.1) is 0 Å². The maximum atomic E-state index is 10.7. The van der Waals surface area contributed by atoms with Crippen LogP contribution in [0.3, 0.4) is 0 Å². The van der Waals surface area contributed by atoms with Crippen molar-refractivity contribution in [2.24, 2.45) is 0 Å². The predicted molar refractivity (Wildman–Crippen MR) is 50.2 cm³/mol. The van der Waals surface area contributed by atoms with Crippen LogP contribution in [-0.2, 0) is 4.79 Å². The zero-order valence-electron chi connectivity index (χ0n) is 7.59. The molecule has 13 heavy (non-hydrogen) atoms. The van der Waals surface area contributed by atoms with Gasteiger partial charge in [0.15, 0.2) is 6.07 Å². The summed E-state index contributed by atoms with van der Waals surface area (Å²) in [5.41, 5.74) is 2.80. The molecule has 1 rings (SSSR count). The first-order valence-electron chi connectivity index (χ1n) is 3.91. The molecule has 0 atom stereocenters. The molecule has 1 N–H and O–H groups in total. The quantitative estimate of drug-likeness (QED) is 0.659. The molecule has 0 radical (unpaired) electrons. The zero-order chi connectivity index (χ0) is 9.84. The van der Waals surface area contributed by atoms with E-state index in [9.17, 15) is 4.79 Å². The van der Waals surface area contributed by atoms with Crippen molar-refractivity contribution in [2.45, 2.75) is 13.8 Å². The van der Waals surface area contributed by atoms with Gasteiger partial charge >= 0.3 is 5.91 Å². The summed E-state index contributed by atoms with van der Waals surface area (Å²) in [4.78, 5) is 10.7. The summed E-state index contributed by atoms with van der Waals surface area (Å²) in [7, 11) is 0. The van der Waals surface area contributed by atoms with Crippen LogP contribution >= 0.6 is 0 Å². The molecule has 0 aliphatic rings. The van der Waals surface area contributed by atoms with E-state index in [2.05, 4.69) is 5.32 Å². The topological polar surface area (TPSA) is 52.9 Å². The Balaban J connectivity index is 2.91. The fourth-order valence-corrected chi connectivity index (χ4v) is 1.21. The third kappa shape index (κ3) is 2.60. The fraction of sp³-hybridized carbons (Fsp3) is 0.200. The summed E-state index contributed by atoms with van der Waals surface area (Å²) in [6.07, 6.45) is 0. The number of aryl methyl sites for hydroxylation is 2. The minimum Gasteiger partial charge on any atom is -0.313 e. The second kappa shape index (κ2) is 3.72. The van der Waals surface area contributed by atoms with Gasteiger partial charge in [-0.2, -0.15) is 5.26 Å². The lowest BCUT2D eigenvalue weighted by molar-refractivity contribution is -0.111. The molecule has 0 heterocycles. The van der Waals surface area contributed by atoms with Crippen LogP contribution in [0.15, 0.2) is 18.2 Å². The number of nitrogens with one attached hydrogen (secondary N) is 1. The van der Waals surface area contributed by atoms with E-state index in [1.54, 1.807) is 0 Å². The average Bonchev–Trinajstić information content (AvgIpc) is 2.02. The second-order valence-corrected chi connectivity index (χ2v) is 2.94. The van der Waals surface area contributed by atoms with Gasteiger partial charge in [0.1, 0.15) is 0 Å². The number of benzene rings is 1. The molecule has 1 amide bonds. The average molecular weight is 174 g/mol. The number of carbonyl (C=O) groups excluding carboxylic acids is 1. The first-order chi connectivity index (χ1) is 6.11. The number of carbonyl (C=O) groups is 1. The van der Waals surface area contributed by atoms with Crippen LogP contribution in [0.5, 0.6) is 0 Å².